The Hall–Kier alpha value is -13.8. The molecule has 98 heavy (non-hydrogen) atoms. The smallest absolute Gasteiger partial charge is 0.164 e. The standard InChI is InChI=1S/C90H54N8/c91-55-58-29-31-63(32-30-58)64-33-35-65(36-34-64)88-94-89(76-43-41-72(53-78(76)74-27-15-13-25-70(74)56-92)97-84-45-37-66(59-17-5-1-6-18-59)49-80(84)81-50-67(38-46-85(81)97)60-19-7-2-8-20-60)96-90(95-88)77-44-42-73(54-79(77)75-28-16-14-26-71(75)57-93)98-86-47-39-68(61-21-9-3-10-22-61)51-82(86)83-52-69(40-48-87(83)98)62-23-11-4-12-24-62/h1-54H. The lowest BCUT2D eigenvalue weighted by atomic mass is 9.93. The van der Waals surface area contributed by atoms with E-state index in [9.17, 15) is 15.8 Å². The lowest BCUT2D eigenvalue weighted by Crippen LogP contribution is -2.04. The Kier molecular flexibility index (Phi) is 14.5. The third-order valence-corrected chi connectivity index (χ3v) is 18.8. The highest BCUT2D eigenvalue weighted by Gasteiger charge is 2.25. The highest BCUT2D eigenvalue weighted by molar-refractivity contribution is 6.13. The zero-order chi connectivity index (χ0) is 65.6. The average molecular weight is 1250 g/mol. The molecule has 17 aromatic rings. The van der Waals surface area contributed by atoms with E-state index in [2.05, 4.69) is 234 Å². The van der Waals surface area contributed by atoms with Crippen molar-refractivity contribution in [2.75, 3.05) is 0 Å². The molecule has 454 valence electrons. The first-order chi connectivity index (χ1) is 48.4. The lowest BCUT2D eigenvalue weighted by Gasteiger charge is -2.18. The molecule has 8 nitrogen and oxygen atoms in total. The summed E-state index contributed by atoms with van der Waals surface area (Å²) in [6, 6.07) is 120. The number of fused-ring (bicyclic) bond motifs is 6. The van der Waals surface area contributed by atoms with Gasteiger partial charge in [0.1, 0.15) is 0 Å². The Balaban J connectivity index is 0.893. The SMILES string of the molecule is N#Cc1ccc(-c2ccc(-c3nc(-c4ccc(-n5c6ccc(-c7ccccc7)cc6c6cc(-c7ccccc7)ccc65)cc4-c4ccccc4C#N)nc(-c4ccc(-n5c6ccc(-c7ccccc7)cc6c6cc(-c7ccccc7)ccc65)cc4-c4ccccc4C#N)n3)cc2)cc1. The van der Waals surface area contributed by atoms with Crippen molar-refractivity contribution in [3.05, 3.63) is 344 Å². The van der Waals surface area contributed by atoms with Crippen molar-refractivity contribution in [2.45, 2.75) is 0 Å². The van der Waals surface area contributed by atoms with Crippen molar-refractivity contribution in [3.63, 3.8) is 0 Å². The van der Waals surface area contributed by atoms with Gasteiger partial charge in [0.05, 0.1) is 57.0 Å². The van der Waals surface area contributed by atoms with Crippen LogP contribution in [0.2, 0.25) is 0 Å². The van der Waals surface area contributed by atoms with Gasteiger partial charge in [0.15, 0.2) is 17.5 Å². The molecule has 0 radical (unpaired) electrons. The van der Waals surface area contributed by atoms with Crippen molar-refractivity contribution in [1.29, 1.82) is 15.8 Å². The van der Waals surface area contributed by atoms with E-state index in [0.717, 1.165) is 127 Å². The predicted octanol–water partition coefficient (Wildman–Crippen LogP) is 22.4. The lowest BCUT2D eigenvalue weighted by molar-refractivity contribution is 1.07. The van der Waals surface area contributed by atoms with E-state index in [-0.39, 0.29) is 0 Å². The van der Waals surface area contributed by atoms with E-state index in [1.165, 1.54) is 0 Å². The van der Waals surface area contributed by atoms with Crippen LogP contribution in [0.25, 0.3) is 167 Å². The normalized spacial score (nSPS) is 11.2. The van der Waals surface area contributed by atoms with Gasteiger partial charge >= 0.3 is 0 Å². The number of benzene rings is 14. The second kappa shape index (κ2) is 24.6. The number of aromatic nitrogens is 5. The summed E-state index contributed by atoms with van der Waals surface area (Å²) in [6.07, 6.45) is 0. The molecule has 0 aliphatic rings. The average Bonchev–Trinajstić information content (AvgIpc) is 1.57. The van der Waals surface area contributed by atoms with Crippen molar-refractivity contribution in [2.24, 2.45) is 0 Å². The molecule has 17 rings (SSSR count). The Bertz CT molecular complexity index is 5590. The molecule has 0 N–H and O–H groups in total. The van der Waals surface area contributed by atoms with Crippen molar-refractivity contribution in [3.8, 4) is 142 Å². The zero-order valence-corrected chi connectivity index (χ0v) is 52.8. The minimum Gasteiger partial charge on any atom is -0.309 e. The Morgan fingerprint density at radius 3 is 0.857 bits per heavy atom. The van der Waals surface area contributed by atoms with E-state index < -0.39 is 0 Å². The number of rotatable bonds is 12. The van der Waals surface area contributed by atoms with Crippen LogP contribution in [0.5, 0.6) is 0 Å². The third-order valence-electron chi connectivity index (χ3n) is 18.8. The van der Waals surface area contributed by atoms with E-state index in [0.29, 0.717) is 56.4 Å². The summed E-state index contributed by atoms with van der Waals surface area (Å²) < 4.78 is 4.64. The molecule has 0 amide bonds. The van der Waals surface area contributed by atoms with Gasteiger partial charge in [-0.05, 0) is 176 Å². The van der Waals surface area contributed by atoms with Gasteiger partial charge < -0.3 is 9.13 Å². The molecular formula is C90H54N8. The first-order valence-electron chi connectivity index (χ1n) is 32.5. The van der Waals surface area contributed by atoms with Crippen molar-refractivity contribution in [1.82, 2.24) is 24.1 Å². The molecular weight excluding hydrogens is 1190 g/mol. The molecule has 0 bridgehead atoms. The number of hydrogen-bond donors (Lipinski definition) is 0. The van der Waals surface area contributed by atoms with Crippen LogP contribution in [0.15, 0.2) is 328 Å². The predicted molar refractivity (Wildman–Crippen MR) is 397 cm³/mol. The largest absolute Gasteiger partial charge is 0.309 e. The quantitative estimate of drug-likeness (QED) is 0.120. The molecule has 14 aromatic carbocycles. The summed E-state index contributed by atoms with van der Waals surface area (Å²) >= 11 is 0. The fraction of sp³-hybridized carbons (Fsp3) is 0. The maximum atomic E-state index is 11.0. The summed E-state index contributed by atoms with van der Waals surface area (Å²) in [6.45, 7) is 0. The van der Waals surface area contributed by atoms with Crippen LogP contribution in [0.4, 0.5) is 0 Å². The van der Waals surface area contributed by atoms with Gasteiger partial charge in [0.2, 0.25) is 0 Å². The first kappa shape index (κ1) is 58.0. The van der Waals surface area contributed by atoms with E-state index >= 15 is 0 Å². The number of hydrogen-bond acceptors (Lipinski definition) is 6. The highest BCUT2D eigenvalue weighted by Crippen LogP contribution is 2.44. The van der Waals surface area contributed by atoms with Gasteiger partial charge in [-0.25, -0.2) is 15.0 Å². The van der Waals surface area contributed by atoms with Crippen LogP contribution in [0.3, 0.4) is 0 Å². The molecule has 0 fully saturated rings. The molecule has 0 unspecified atom stereocenters. The molecule has 0 aliphatic carbocycles. The number of nitrogens with zero attached hydrogens (tertiary/aromatic N) is 8. The molecule has 3 heterocycles. The Morgan fingerprint density at radius 2 is 0.510 bits per heavy atom. The van der Waals surface area contributed by atoms with E-state index in [1.54, 1.807) is 0 Å². The number of nitriles is 3. The Labute approximate surface area is 566 Å². The van der Waals surface area contributed by atoms with Crippen LogP contribution < -0.4 is 0 Å². The van der Waals surface area contributed by atoms with Gasteiger partial charge in [0.25, 0.3) is 0 Å². The molecule has 0 saturated carbocycles. The van der Waals surface area contributed by atoms with E-state index in [1.807, 2.05) is 121 Å². The van der Waals surface area contributed by atoms with Gasteiger partial charge in [-0.15, -0.1) is 0 Å². The monoisotopic (exact) mass is 1250 g/mol. The molecule has 0 atom stereocenters. The van der Waals surface area contributed by atoms with E-state index in [4.69, 9.17) is 15.0 Å². The van der Waals surface area contributed by atoms with Crippen LogP contribution in [-0.4, -0.2) is 24.1 Å². The molecule has 0 spiro atoms. The third kappa shape index (κ3) is 10.4. The summed E-state index contributed by atoms with van der Waals surface area (Å²) in [5.41, 5.74) is 23.3. The van der Waals surface area contributed by atoms with Gasteiger partial charge in [-0.3, -0.25) is 0 Å². The van der Waals surface area contributed by atoms with Crippen LogP contribution in [-0.2, 0) is 0 Å². The Morgan fingerprint density at radius 1 is 0.214 bits per heavy atom. The summed E-state index contributed by atoms with van der Waals surface area (Å²) in [7, 11) is 0. The van der Waals surface area contributed by atoms with Crippen LogP contribution in [0, 0.1) is 34.0 Å². The minimum atomic E-state index is 0.382. The fourth-order valence-corrected chi connectivity index (χ4v) is 13.9. The highest BCUT2D eigenvalue weighted by atomic mass is 15.0. The van der Waals surface area contributed by atoms with Gasteiger partial charge in [-0.1, -0.05) is 218 Å². The minimum absolute atomic E-state index is 0.382. The molecule has 0 saturated heterocycles. The molecule has 0 aliphatic heterocycles. The zero-order valence-electron chi connectivity index (χ0n) is 52.8. The summed E-state index contributed by atoms with van der Waals surface area (Å²) in [5, 5.41) is 36.0. The molecule has 8 heteroatoms. The first-order valence-corrected chi connectivity index (χ1v) is 32.5. The summed E-state index contributed by atoms with van der Waals surface area (Å²) in [4.78, 5) is 16.5. The second-order valence-corrected chi connectivity index (χ2v) is 24.4. The van der Waals surface area contributed by atoms with Gasteiger partial charge in [0, 0.05) is 60.7 Å². The van der Waals surface area contributed by atoms with Crippen LogP contribution >= 0.6 is 0 Å². The van der Waals surface area contributed by atoms with Crippen LogP contribution in [0.1, 0.15) is 16.7 Å². The van der Waals surface area contributed by atoms with Gasteiger partial charge in [-0.2, -0.15) is 15.8 Å². The van der Waals surface area contributed by atoms with Crippen molar-refractivity contribution >= 4 is 43.6 Å². The van der Waals surface area contributed by atoms with Crippen molar-refractivity contribution < 1.29 is 0 Å². The maximum Gasteiger partial charge on any atom is 0.164 e. The summed E-state index contributed by atoms with van der Waals surface area (Å²) in [5.74, 6) is 1.18. The maximum absolute atomic E-state index is 11.0. The topological polar surface area (TPSA) is 120 Å². The second-order valence-electron chi connectivity index (χ2n) is 24.4. The molecule has 3 aromatic heterocycles. The fourth-order valence-electron chi connectivity index (χ4n) is 13.9.